The molecule has 2 atom stereocenters. The van der Waals surface area contributed by atoms with Crippen LogP contribution >= 0.6 is 22.9 Å². The number of aromatic nitrogens is 3. The van der Waals surface area contributed by atoms with Gasteiger partial charge in [0.05, 0.1) is 21.3 Å². The molecule has 4 aromatic rings. The fraction of sp³-hybridized carbons (Fsp3) is 0.286. The third-order valence-electron chi connectivity index (χ3n) is 6.47. The van der Waals surface area contributed by atoms with Crippen molar-refractivity contribution in [2.24, 2.45) is 0 Å². The number of thiophene rings is 1. The van der Waals surface area contributed by atoms with Crippen LogP contribution in [0.15, 0.2) is 55.0 Å². The summed E-state index contributed by atoms with van der Waals surface area (Å²) in [5.41, 5.74) is 0.761. The molecule has 5 heterocycles. The molecule has 6 rings (SSSR count). The molecule has 3 aromatic heterocycles. The minimum atomic E-state index is -0.215. The van der Waals surface area contributed by atoms with E-state index < -0.39 is 0 Å². The summed E-state index contributed by atoms with van der Waals surface area (Å²) < 4.78 is 11.4. The summed E-state index contributed by atoms with van der Waals surface area (Å²) in [6.45, 7) is 2.18. The van der Waals surface area contributed by atoms with Crippen molar-refractivity contribution < 1.29 is 14.3 Å². The normalized spacial score (nSPS) is 18.5. The van der Waals surface area contributed by atoms with Gasteiger partial charge in [0.15, 0.2) is 0 Å². The standard InChI is InChI=1S/C28H25ClN6O3S/c29-23-14-19(7-9-24(23)38-25-5-1-2-10-30-25)34-26-22-15-21(39-27(22)33-17-32-26)8-6-18-13-20(16-31-18)37-28(36)35-11-3-4-12-35/h1-2,5,7,9-10,14-15,17-18,20,31H,3-4,11-13,16H2,(H,32,33,34)/t18-,20+/m0/s1. The van der Waals surface area contributed by atoms with Crippen molar-refractivity contribution in [3.63, 3.8) is 0 Å². The molecule has 11 heteroatoms. The van der Waals surface area contributed by atoms with Gasteiger partial charge < -0.3 is 19.7 Å². The molecule has 0 spiro atoms. The average Bonchev–Trinajstić information content (AvgIpc) is 3.71. The zero-order chi connectivity index (χ0) is 26.6. The van der Waals surface area contributed by atoms with E-state index in [2.05, 4.69) is 37.4 Å². The predicted octanol–water partition coefficient (Wildman–Crippen LogP) is 5.59. The van der Waals surface area contributed by atoms with Crippen LogP contribution in [-0.2, 0) is 4.74 Å². The Morgan fingerprint density at radius 3 is 2.87 bits per heavy atom. The monoisotopic (exact) mass is 560 g/mol. The molecule has 2 saturated heterocycles. The highest BCUT2D eigenvalue weighted by Crippen LogP contribution is 2.34. The number of fused-ring (bicyclic) bond motifs is 1. The summed E-state index contributed by atoms with van der Waals surface area (Å²) in [6, 6.07) is 12.8. The van der Waals surface area contributed by atoms with E-state index in [9.17, 15) is 4.79 Å². The number of amides is 1. The Morgan fingerprint density at radius 1 is 1.15 bits per heavy atom. The van der Waals surface area contributed by atoms with Gasteiger partial charge in [0.25, 0.3) is 0 Å². The first-order chi connectivity index (χ1) is 19.1. The highest BCUT2D eigenvalue weighted by Gasteiger charge is 2.28. The Labute approximate surface area is 234 Å². The minimum Gasteiger partial charge on any atom is -0.445 e. The van der Waals surface area contributed by atoms with Gasteiger partial charge in [-0.1, -0.05) is 29.5 Å². The van der Waals surface area contributed by atoms with Gasteiger partial charge in [-0.2, -0.15) is 0 Å². The third-order valence-corrected chi connectivity index (χ3v) is 7.72. The maximum Gasteiger partial charge on any atom is 0.410 e. The van der Waals surface area contributed by atoms with Gasteiger partial charge in [-0.25, -0.2) is 19.7 Å². The Bertz CT molecular complexity index is 1550. The van der Waals surface area contributed by atoms with Gasteiger partial charge in [-0.15, -0.1) is 11.3 Å². The summed E-state index contributed by atoms with van der Waals surface area (Å²) in [5.74, 6) is 8.16. The molecule has 0 radical (unpaired) electrons. The molecule has 1 amide bonds. The number of halogens is 1. The van der Waals surface area contributed by atoms with Gasteiger partial charge in [-0.05, 0) is 43.2 Å². The van der Waals surface area contributed by atoms with E-state index in [1.54, 1.807) is 29.3 Å². The largest absolute Gasteiger partial charge is 0.445 e. The second-order valence-corrected chi connectivity index (χ2v) is 10.7. The van der Waals surface area contributed by atoms with Crippen molar-refractivity contribution in [3.05, 3.63) is 64.9 Å². The SMILES string of the molecule is O=C(O[C@H]1CN[C@@H](C#Cc2cc3c(Nc4ccc(Oc5ccccn5)c(Cl)c4)ncnc3s2)C1)N1CCCC1. The zero-order valence-corrected chi connectivity index (χ0v) is 22.5. The number of benzene rings is 1. The van der Waals surface area contributed by atoms with Crippen LogP contribution in [0.3, 0.4) is 0 Å². The molecule has 0 bridgehead atoms. The van der Waals surface area contributed by atoms with Gasteiger partial charge in [0.1, 0.15) is 28.8 Å². The summed E-state index contributed by atoms with van der Waals surface area (Å²) in [6.07, 6.45) is 5.57. The van der Waals surface area contributed by atoms with Crippen molar-refractivity contribution in [1.29, 1.82) is 0 Å². The van der Waals surface area contributed by atoms with Crippen LogP contribution in [0.2, 0.25) is 5.02 Å². The van der Waals surface area contributed by atoms with Crippen LogP contribution < -0.4 is 15.4 Å². The predicted molar refractivity (Wildman–Crippen MR) is 151 cm³/mol. The van der Waals surface area contributed by atoms with Crippen LogP contribution in [0, 0.1) is 11.8 Å². The minimum absolute atomic E-state index is 0.0377. The van der Waals surface area contributed by atoms with Gasteiger partial charge >= 0.3 is 6.09 Å². The van der Waals surface area contributed by atoms with E-state index >= 15 is 0 Å². The van der Waals surface area contributed by atoms with Crippen LogP contribution in [0.5, 0.6) is 11.6 Å². The second-order valence-electron chi connectivity index (χ2n) is 9.26. The van der Waals surface area contributed by atoms with Crippen molar-refractivity contribution in [3.8, 4) is 23.5 Å². The number of nitrogens with one attached hydrogen (secondary N) is 2. The molecule has 0 saturated carbocycles. The van der Waals surface area contributed by atoms with E-state index in [-0.39, 0.29) is 18.2 Å². The Kier molecular flexibility index (Phi) is 7.45. The number of rotatable bonds is 5. The summed E-state index contributed by atoms with van der Waals surface area (Å²) in [7, 11) is 0. The number of hydrogen-bond donors (Lipinski definition) is 2. The smallest absolute Gasteiger partial charge is 0.410 e. The number of carbonyl (C=O) groups is 1. The van der Waals surface area contributed by atoms with E-state index in [1.165, 1.54) is 17.7 Å². The molecule has 2 aliphatic heterocycles. The molecule has 2 fully saturated rings. The van der Waals surface area contributed by atoms with Crippen molar-refractivity contribution in [1.82, 2.24) is 25.2 Å². The van der Waals surface area contributed by atoms with Gasteiger partial charge in [0.2, 0.25) is 5.88 Å². The van der Waals surface area contributed by atoms with Gasteiger partial charge in [-0.3, -0.25) is 5.32 Å². The maximum absolute atomic E-state index is 12.3. The number of hydrogen-bond acceptors (Lipinski definition) is 9. The maximum atomic E-state index is 12.3. The summed E-state index contributed by atoms with van der Waals surface area (Å²) >= 11 is 7.97. The van der Waals surface area contributed by atoms with E-state index in [4.69, 9.17) is 21.1 Å². The fourth-order valence-electron chi connectivity index (χ4n) is 4.51. The lowest BCUT2D eigenvalue weighted by Crippen LogP contribution is -2.32. The van der Waals surface area contributed by atoms with Crippen molar-refractivity contribution in [2.45, 2.75) is 31.4 Å². The molecule has 198 valence electrons. The highest BCUT2D eigenvalue weighted by molar-refractivity contribution is 7.19. The van der Waals surface area contributed by atoms with E-state index in [1.807, 2.05) is 24.3 Å². The third kappa shape index (κ3) is 6.06. The molecule has 2 N–H and O–H groups in total. The fourth-order valence-corrected chi connectivity index (χ4v) is 5.59. The van der Waals surface area contributed by atoms with Gasteiger partial charge in [0, 0.05) is 44.0 Å². The van der Waals surface area contributed by atoms with Crippen LogP contribution in [0.4, 0.5) is 16.3 Å². The number of ether oxygens (including phenoxy) is 2. The number of anilines is 2. The number of nitrogens with zero attached hydrogens (tertiary/aromatic N) is 4. The first-order valence-electron chi connectivity index (χ1n) is 12.7. The molecule has 0 aliphatic carbocycles. The molecular weight excluding hydrogens is 536 g/mol. The lowest BCUT2D eigenvalue weighted by atomic mass is 10.2. The summed E-state index contributed by atoms with van der Waals surface area (Å²) in [4.78, 5) is 28.8. The Balaban J connectivity index is 1.11. The summed E-state index contributed by atoms with van der Waals surface area (Å²) in [5, 5.41) is 7.98. The number of carbonyl (C=O) groups excluding carboxylic acids is 1. The van der Waals surface area contributed by atoms with E-state index in [0.717, 1.165) is 46.7 Å². The van der Waals surface area contributed by atoms with Crippen molar-refractivity contribution in [2.75, 3.05) is 25.0 Å². The lowest BCUT2D eigenvalue weighted by molar-refractivity contribution is 0.0763. The highest BCUT2D eigenvalue weighted by atomic mass is 35.5. The molecule has 39 heavy (non-hydrogen) atoms. The average molecular weight is 561 g/mol. The van der Waals surface area contributed by atoms with Crippen molar-refractivity contribution >= 4 is 50.8 Å². The van der Waals surface area contributed by atoms with Crippen LogP contribution in [0.1, 0.15) is 24.1 Å². The first-order valence-corrected chi connectivity index (χ1v) is 13.9. The quantitative estimate of drug-likeness (QED) is 0.305. The topological polar surface area (TPSA) is 102 Å². The lowest BCUT2D eigenvalue weighted by Gasteiger charge is -2.18. The molecular formula is C28H25ClN6O3S. The molecule has 2 aliphatic rings. The zero-order valence-electron chi connectivity index (χ0n) is 20.9. The van der Waals surface area contributed by atoms with Crippen LogP contribution in [-0.4, -0.2) is 57.7 Å². The Morgan fingerprint density at radius 2 is 2.05 bits per heavy atom. The number of pyridine rings is 1. The molecule has 1 aromatic carbocycles. The Hall–Kier alpha value is -3.91. The molecule has 0 unspecified atom stereocenters. The van der Waals surface area contributed by atoms with E-state index in [0.29, 0.717) is 35.4 Å². The number of likely N-dealkylation sites (tertiary alicyclic amines) is 1. The second kappa shape index (κ2) is 11.5. The molecule has 9 nitrogen and oxygen atoms in total. The van der Waals surface area contributed by atoms with Crippen LogP contribution in [0.25, 0.3) is 10.2 Å². The first kappa shape index (κ1) is 25.4.